The number of piperidine rings is 1. The van der Waals surface area contributed by atoms with Gasteiger partial charge < -0.3 is 10.6 Å². The lowest BCUT2D eigenvalue weighted by Gasteiger charge is -2.46. The topological polar surface area (TPSA) is 32.5 Å². The number of nitrogens with two attached hydrogens (primary N) is 1. The molecule has 0 aliphatic carbocycles. The van der Waals surface area contributed by atoms with Crippen LogP contribution in [0.2, 0.25) is 0 Å². The van der Waals surface area contributed by atoms with Gasteiger partial charge in [0.05, 0.1) is 0 Å². The van der Waals surface area contributed by atoms with E-state index in [1.54, 1.807) is 0 Å². The Morgan fingerprint density at radius 2 is 1.72 bits per heavy atom. The molecule has 18 heavy (non-hydrogen) atoms. The van der Waals surface area contributed by atoms with E-state index in [9.17, 15) is 0 Å². The standard InChI is InChI=1S/C15H33N3/c1-12(16)14(15(2,3)4)18-9-7-13(8-10-18)11-17(5)6/h12-14H,7-11,16H2,1-6H3. The summed E-state index contributed by atoms with van der Waals surface area (Å²) in [5.74, 6) is 0.866. The molecular weight excluding hydrogens is 222 g/mol. The van der Waals surface area contributed by atoms with Gasteiger partial charge in [-0.25, -0.2) is 0 Å². The average Bonchev–Trinajstić information content (AvgIpc) is 2.17. The van der Waals surface area contributed by atoms with E-state index in [1.165, 1.54) is 32.5 Å². The van der Waals surface area contributed by atoms with Gasteiger partial charge in [-0.1, -0.05) is 20.8 Å². The SMILES string of the molecule is CC(N)C(N1CCC(CN(C)C)CC1)C(C)(C)C. The monoisotopic (exact) mass is 255 g/mol. The Hall–Kier alpha value is -0.120. The van der Waals surface area contributed by atoms with Gasteiger partial charge in [0.1, 0.15) is 0 Å². The average molecular weight is 255 g/mol. The van der Waals surface area contributed by atoms with Crippen LogP contribution in [0.1, 0.15) is 40.5 Å². The summed E-state index contributed by atoms with van der Waals surface area (Å²) in [4.78, 5) is 4.93. The van der Waals surface area contributed by atoms with Crippen LogP contribution in [-0.2, 0) is 0 Å². The fourth-order valence-corrected chi connectivity index (χ4v) is 3.60. The van der Waals surface area contributed by atoms with Crippen LogP contribution in [0, 0.1) is 11.3 Å². The van der Waals surface area contributed by atoms with E-state index in [2.05, 4.69) is 51.6 Å². The van der Waals surface area contributed by atoms with Crippen molar-refractivity contribution in [3.63, 3.8) is 0 Å². The summed E-state index contributed by atoms with van der Waals surface area (Å²) < 4.78 is 0. The molecule has 2 atom stereocenters. The van der Waals surface area contributed by atoms with Gasteiger partial charge in [0.2, 0.25) is 0 Å². The van der Waals surface area contributed by atoms with E-state index >= 15 is 0 Å². The highest BCUT2D eigenvalue weighted by molar-refractivity contribution is 4.91. The quantitative estimate of drug-likeness (QED) is 0.834. The first-order chi connectivity index (χ1) is 8.21. The largest absolute Gasteiger partial charge is 0.327 e. The molecule has 1 aliphatic rings. The molecule has 1 fully saturated rings. The maximum absolute atomic E-state index is 6.22. The molecule has 108 valence electrons. The normalized spacial score (nSPS) is 23.3. The third kappa shape index (κ3) is 4.52. The molecule has 1 heterocycles. The smallest absolute Gasteiger partial charge is 0.0292 e. The van der Waals surface area contributed by atoms with Crippen molar-refractivity contribution >= 4 is 0 Å². The molecule has 1 aliphatic heterocycles. The summed E-state index contributed by atoms with van der Waals surface area (Å²) >= 11 is 0. The van der Waals surface area contributed by atoms with Crippen LogP contribution in [0.3, 0.4) is 0 Å². The molecule has 2 unspecified atom stereocenters. The predicted octanol–water partition coefficient (Wildman–Crippen LogP) is 2.02. The lowest BCUT2D eigenvalue weighted by Crippen LogP contribution is -2.56. The van der Waals surface area contributed by atoms with E-state index in [4.69, 9.17) is 5.73 Å². The Labute approximate surface area is 114 Å². The highest BCUT2D eigenvalue weighted by atomic mass is 15.2. The predicted molar refractivity (Wildman–Crippen MR) is 79.7 cm³/mol. The molecule has 2 N–H and O–H groups in total. The molecule has 0 saturated carbocycles. The molecule has 0 aromatic carbocycles. The van der Waals surface area contributed by atoms with E-state index in [0.717, 1.165) is 5.92 Å². The van der Waals surface area contributed by atoms with Gasteiger partial charge in [0, 0.05) is 18.6 Å². The molecule has 1 saturated heterocycles. The summed E-state index contributed by atoms with van der Waals surface area (Å²) in [5, 5.41) is 0. The molecule has 0 aromatic rings. The zero-order chi connectivity index (χ0) is 13.9. The molecule has 3 heteroatoms. The Morgan fingerprint density at radius 3 is 2.06 bits per heavy atom. The molecule has 0 amide bonds. The summed E-state index contributed by atoms with van der Waals surface area (Å²) in [5.41, 5.74) is 6.49. The molecule has 0 bridgehead atoms. The highest BCUT2D eigenvalue weighted by Crippen LogP contribution is 2.30. The van der Waals surface area contributed by atoms with Gasteiger partial charge in [-0.05, 0) is 58.3 Å². The first-order valence-electron chi connectivity index (χ1n) is 7.36. The van der Waals surface area contributed by atoms with Gasteiger partial charge in [-0.2, -0.15) is 0 Å². The number of hydrogen-bond acceptors (Lipinski definition) is 3. The summed E-state index contributed by atoms with van der Waals surface area (Å²) in [6.45, 7) is 12.7. The lowest BCUT2D eigenvalue weighted by molar-refractivity contribution is 0.0464. The van der Waals surface area contributed by atoms with Crippen molar-refractivity contribution in [1.82, 2.24) is 9.80 Å². The van der Waals surface area contributed by atoms with Crippen LogP contribution in [0.4, 0.5) is 0 Å². The van der Waals surface area contributed by atoms with Gasteiger partial charge in [0.25, 0.3) is 0 Å². The van der Waals surface area contributed by atoms with Crippen LogP contribution >= 0.6 is 0 Å². The number of hydrogen-bond donors (Lipinski definition) is 1. The summed E-state index contributed by atoms with van der Waals surface area (Å²) in [6, 6.07) is 0.744. The van der Waals surface area contributed by atoms with Crippen molar-refractivity contribution in [3.05, 3.63) is 0 Å². The molecule has 1 rings (SSSR count). The van der Waals surface area contributed by atoms with Crippen molar-refractivity contribution in [1.29, 1.82) is 0 Å². The van der Waals surface area contributed by atoms with Gasteiger partial charge >= 0.3 is 0 Å². The number of likely N-dealkylation sites (tertiary alicyclic amines) is 1. The Kier molecular flexibility index (Phi) is 5.63. The maximum atomic E-state index is 6.22. The third-order valence-electron chi connectivity index (χ3n) is 4.05. The summed E-state index contributed by atoms with van der Waals surface area (Å²) in [7, 11) is 4.35. The van der Waals surface area contributed by atoms with Crippen LogP contribution in [0.15, 0.2) is 0 Å². The van der Waals surface area contributed by atoms with Crippen molar-refractivity contribution in [2.75, 3.05) is 33.7 Å². The number of rotatable bonds is 4. The van der Waals surface area contributed by atoms with Crippen molar-refractivity contribution in [2.24, 2.45) is 17.1 Å². The third-order valence-corrected chi connectivity index (χ3v) is 4.05. The minimum atomic E-state index is 0.246. The minimum absolute atomic E-state index is 0.246. The van der Waals surface area contributed by atoms with Crippen molar-refractivity contribution < 1.29 is 0 Å². The maximum Gasteiger partial charge on any atom is 0.0292 e. The van der Waals surface area contributed by atoms with Crippen LogP contribution in [-0.4, -0.2) is 55.6 Å². The second-order valence-corrected chi connectivity index (χ2v) is 7.41. The molecule has 3 nitrogen and oxygen atoms in total. The Bertz CT molecular complexity index is 235. The Morgan fingerprint density at radius 1 is 1.22 bits per heavy atom. The van der Waals surface area contributed by atoms with E-state index in [-0.39, 0.29) is 11.5 Å². The van der Waals surface area contributed by atoms with Crippen LogP contribution in [0.25, 0.3) is 0 Å². The van der Waals surface area contributed by atoms with Crippen molar-refractivity contribution in [3.8, 4) is 0 Å². The molecule has 0 radical (unpaired) electrons. The molecule has 0 aromatic heterocycles. The minimum Gasteiger partial charge on any atom is -0.327 e. The van der Waals surface area contributed by atoms with Crippen LogP contribution < -0.4 is 5.73 Å². The zero-order valence-corrected chi connectivity index (χ0v) is 13.2. The first-order valence-corrected chi connectivity index (χ1v) is 7.36. The van der Waals surface area contributed by atoms with Gasteiger partial charge in [-0.15, -0.1) is 0 Å². The Balaban J connectivity index is 2.55. The van der Waals surface area contributed by atoms with E-state index < -0.39 is 0 Å². The fourth-order valence-electron chi connectivity index (χ4n) is 3.60. The lowest BCUT2D eigenvalue weighted by atomic mass is 9.80. The van der Waals surface area contributed by atoms with Gasteiger partial charge in [0.15, 0.2) is 0 Å². The fraction of sp³-hybridized carbons (Fsp3) is 1.00. The zero-order valence-electron chi connectivity index (χ0n) is 13.2. The van der Waals surface area contributed by atoms with E-state index in [0.29, 0.717) is 6.04 Å². The molecular formula is C15H33N3. The first kappa shape index (κ1) is 15.9. The highest BCUT2D eigenvalue weighted by Gasteiger charge is 2.35. The van der Waals surface area contributed by atoms with Crippen molar-refractivity contribution in [2.45, 2.75) is 52.6 Å². The second-order valence-electron chi connectivity index (χ2n) is 7.41. The second kappa shape index (κ2) is 6.36. The molecule has 0 spiro atoms. The van der Waals surface area contributed by atoms with Gasteiger partial charge in [-0.3, -0.25) is 4.90 Å². The summed E-state index contributed by atoms with van der Waals surface area (Å²) in [6.07, 6.45) is 2.63. The van der Waals surface area contributed by atoms with E-state index in [1.807, 2.05) is 0 Å². The van der Waals surface area contributed by atoms with Crippen LogP contribution in [0.5, 0.6) is 0 Å². The number of nitrogens with zero attached hydrogens (tertiary/aromatic N) is 2.